The van der Waals surface area contributed by atoms with Gasteiger partial charge in [-0.25, -0.2) is 14.5 Å². The number of rotatable bonds is 6. The van der Waals surface area contributed by atoms with E-state index in [1.165, 1.54) is 12.4 Å². The lowest BCUT2D eigenvalue weighted by atomic mass is 10.2. The van der Waals surface area contributed by atoms with Crippen LogP contribution in [0.5, 0.6) is 5.75 Å². The fraction of sp³-hybridized carbons (Fsp3) is 0.214. The van der Waals surface area contributed by atoms with Gasteiger partial charge in [-0.2, -0.15) is 5.10 Å². The molecule has 20 heavy (non-hydrogen) atoms. The summed E-state index contributed by atoms with van der Waals surface area (Å²) in [5.41, 5.74) is 0.766. The van der Waals surface area contributed by atoms with Crippen molar-refractivity contribution in [2.24, 2.45) is 0 Å². The molecular formula is C14H15N3O3. The minimum atomic E-state index is -0.979. The van der Waals surface area contributed by atoms with E-state index in [2.05, 4.69) is 10.1 Å². The minimum Gasteiger partial charge on any atom is -0.486 e. The zero-order valence-electron chi connectivity index (χ0n) is 11.1. The molecule has 0 saturated carbocycles. The van der Waals surface area contributed by atoms with E-state index in [4.69, 9.17) is 9.84 Å². The molecule has 2 rings (SSSR count). The van der Waals surface area contributed by atoms with E-state index < -0.39 is 5.97 Å². The summed E-state index contributed by atoms with van der Waals surface area (Å²) >= 11 is 0. The molecule has 0 unspecified atom stereocenters. The number of hydrogen-bond acceptors (Lipinski definition) is 4. The molecule has 0 atom stereocenters. The van der Waals surface area contributed by atoms with Gasteiger partial charge in [0.25, 0.3) is 0 Å². The number of aliphatic carboxylic acids is 1. The molecule has 0 aliphatic carbocycles. The van der Waals surface area contributed by atoms with Crippen LogP contribution in [0.15, 0.2) is 36.7 Å². The maximum atomic E-state index is 10.5. The topological polar surface area (TPSA) is 77.2 Å². The molecule has 0 bridgehead atoms. The van der Waals surface area contributed by atoms with Crippen LogP contribution in [-0.4, -0.2) is 25.8 Å². The van der Waals surface area contributed by atoms with Crippen LogP contribution in [0.25, 0.3) is 6.08 Å². The maximum absolute atomic E-state index is 10.5. The van der Waals surface area contributed by atoms with Crippen LogP contribution in [-0.2, 0) is 17.9 Å². The summed E-state index contributed by atoms with van der Waals surface area (Å²) < 4.78 is 7.39. The second-order valence-corrected chi connectivity index (χ2v) is 4.02. The molecule has 0 aliphatic rings. The summed E-state index contributed by atoms with van der Waals surface area (Å²) in [6.45, 7) is 3.04. The second kappa shape index (κ2) is 6.51. The van der Waals surface area contributed by atoms with E-state index in [9.17, 15) is 4.79 Å². The molecule has 0 aliphatic heterocycles. The van der Waals surface area contributed by atoms with Crippen molar-refractivity contribution in [1.29, 1.82) is 0 Å². The number of benzene rings is 1. The Labute approximate surface area is 116 Å². The standard InChI is InChI=1S/C14H15N3O3/c1-2-17-13(15-10-16-17)9-20-12-5-3-4-11(8-12)6-7-14(18)19/h3-8,10H,2,9H2,1H3,(H,18,19). The Hall–Kier alpha value is -2.63. The zero-order chi connectivity index (χ0) is 14.4. The predicted molar refractivity (Wildman–Crippen MR) is 73.1 cm³/mol. The smallest absolute Gasteiger partial charge is 0.328 e. The third-order valence-corrected chi connectivity index (χ3v) is 2.64. The van der Waals surface area contributed by atoms with Gasteiger partial charge in [0.2, 0.25) is 0 Å². The van der Waals surface area contributed by atoms with Gasteiger partial charge in [0.1, 0.15) is 18.7 Å². The highest BCUT2D eigenvalue weighted by molar-refractivity contribution is 5.85. The molecule has 0 fully saturated rings. The number of hydrogen-bond donors (Lipinski definition) is 1. The first-order valence-corrected chi connectivity index (χ1v) is 6.19. The summed E-state index contributed by atoms with van der Waals surface area (Å²) in [5.74, 6) is 0.426. The Morgan fingerprint density at radius 2 is 2.35 bits per heavy atom. The molecule has 1 heterocycles. The summed E-state index contributed by atoms with van der Waals surface area (Å²) in [7, 11) is 0. The van der Waals surface area contributed by atoms with Crippen LogP contribution in [0.4, 0.5) is 0 Å². The molecule has 0 radical (unpaired) electrons. The lowest BCUT2D eigenvalue weighted by Gasteiger charge is -2.07. The number of ether oxygens (including phenoxy) is 1. The SMILES string of the molecule is CCn1ncnc1COc1cccc(C=CC(=O)O)c1. The normalized spacial score (nSPS) is 10.8. The van der Waals surface area contributed by atoms with Crippen LogP contribution in [0, 0.1) is 0 Å². The van der Waals surface area contributed by atoms with Gasteiger partial charge >= 0.3 is 5.97 Å². The fourth-order valence-corrected chi connectivity index (χ4v) is 1.69. The van der Waals surface area contributed by atoms with Crippen LogP contribution >= 0.6 is 0 Å². The maximum Gasteiger partial charge on any atom is 0.328 e. The quantitative estimate of drug-likeness (QED) is 0.814. The van der Waals surface area contributed by atoms with Gasteiger partial charge in [0, 0.05) is 12.6 Å². The molecule has 1 aromatic carbocycles. The largest absolute Gasteiger partial charge is 0.486 e. The van der Waals surface area contributed by atoms with Gasteiger partial charge in [-0.3, -0.25) is 0 Å². The average Bonchev–Trinajstić information content (AvgIpc) is 2.91. The Morgan fingerprint density at radius 3 is 3.10 bits per heavy atom. The van der Waals surface area contributed by atoms with Gasteiger partial charge in [0.15, 0.2) is 5.82 Å². The summed E-state index contributed by atoms with van der Waals surface area (Å²) in [6.07, 6.45) is 4.10. The van der Waals surface area contributed by atoms with Crippen molar-refractivity contribution >= 4 is 12.0 Å². The van der Waals surface area contributed by atoms with Gasteiger partial charge in [-0.15, -0.1) is 0 Å². The van der Waals surface area contributed by atoms with Gasteiger partial charge in [-0.1, -0.05) is 12.1 Å². The lowest BCUT2D eigenvalue weighted by molar-refractivity contribution is -0.131. The van der Waals surface area contributed by atoms with Gasteiger partial charge in [-0.05, 0) is 30.7 Å². The molecule has 6 heteroatoms. The minimum absolute atomic E-state index is 0.319. The molecule has 104 valence electrons. The van der Waals surface area contributed by atoms with E-state index >= 15 is 0 Å². The number of nitrogens with zero attached hydrogens (tertiary/aromatic N) is 3. The molecule has 2 aromatic rings. The first-order valence-electron chi connectivity index (χ1n) is 6.19. The van der Waals surface area contributed by atoms with Crippen molar-refractivity contribution in [1.82, 2.24) is 14.8 Å². The van der Waals surface area contributed by atoms with Gasteiger partial charge in [0.05, 0.1) is 0 Å². The highest BCUT2D eigenvalue weighted by Crippen LogP contribution is 2.15. The summed E-state index contributed by atoms with van der Waals surface area (Å²) in [6, 6.07) is 7.19. The zero-order valence-corrected chi connectivity index (χ0v) is 11.1. The summed E-state index contributed by atoms with van der Waals surface area (Å²) in [5, 5.41) is 12.7. The predicted octanol–water partition coefficient (Wildman–Crippen LogP) is 1.97. The van der Waals surface area contributed by atoms with Crippen molar-refractivity contribution < 1.29 is 14.6 Å². The number of aromatic nitrogens is 3. The van der Waals surface area contributed by atoms with Gasteiger partial charge < -0.3 is 9.84 Å². The van der Waals surface area contributed by atoms with Crippen molar-refractivity contribution in [2.45, 2.75) is 20.1 Å². The third-order valence-electron chi connectivity index (χ3n) is 2.64. The third kappa shape index (κ3) is 3.68. The Kier molecular flexibility index (Phi) is 4.49. The van der Waals surface area contributed by atoms with Crippen molar-refractivity contribution in [3.05, 3.63) is 48.1 Å². The molecular weight excluding hydrogens is 258 g/mol. The number of carboxylic acids is 1. The number of carboxylic acid groups (broad SMARTS) is 1. The Balaban J connectivity index is 2.03. The second-order valence-electron chi connectivity index (χ2n) is 4.02. The number of aryl methyl sites for hydroxylation is 1. The van der Waals surface area contributed by atoms with E-state index in [-0.39, 0.29) is 0 Å². The van der Waals surface area contributed by atoms with Crippen molar-refractivity contribution in [2.75, 3.05) is 0 Å². The molecule has 0 saturated heterocycles. The molecule has 0 spiro atoms. The Morgan fingerprint density at radius 1 is 1.50 bits per heavy atom. The molecule has 1 aromatic heterocycles. The van der Waals surface area contributed by atoms with E-state index in [1.807, 2.05) is 13.0 Å². The Bertz CT molecular complexity index is 620. The van der Waals surface area contributed by atoms with Crippen molar-refractivity contribution in [3.63, 3.8) is 0 Å². The molecule has 6 nitrogen and oxygen atoms in total. The lowest BCUT2D eigenvalue weighted by Crippen LogP contribution is -2.07. The first kappa shape index (κ1) is 13.8. The van der Waals surface area contributed by atoms with Crippen LogP contribution in [0.1, 0.15) is 18.3 Å². The van der Waals surface area contributed by atoms with Crippen LogP contribution in [0.2, 0.25) is 0 Å². The van der Waals surface area contributed by atoms with E-state index in [0.717, 1.165) is 24.0 Å². The van der Waals surface area contributed by atoms with E-state index in [0.29, 0.717) is 12.4 Å². The van der Waals surface area contributed by atoms with E-state index in [1.54, 1.807) is 22.9 Å². The van der Waals surface area contributed by atoms with Crippen molar-refractivity contribution in [3.8, 4) is 5.75 Å². The van der Waals surface area contributed by atoms with Crippen LogP contribution < -0.4 is 4.74 Å². The monoisotopic (exact) mass is 273 g/mol. The summed E-state index contributed by atoms with van der Waals surface area (Å²) in [4.78, 5) is 14.6. The number of carbonyl (C=O) groups is 1. The fourth-order valence-electron chi connectivity index (χ4n) is 1.69. The first-order chi connectivity index (χ1) is 9.69. The average molecular weight is 273 g/mol. The molecule has 1 N–H and O–H groups in total. The highest BCUT2D eigenvalue weighted by Gasteiger charge is 2.03. The van der Waals surface area contributed by atoms with Crippen LogP contribution in [0.3, 0.4) is 0 Å². The molecule has 0 amide bonds. The highest BCUT2D eigenvalue weighted by atomic mass is 16.5.